The van der Waals surface area contributed by atoms with E-state index in [-0.39, 0.29) is 17.7 Å². The zero-order valence-electron chi connectivity index (χ0n) is 15.5. The SMILES string of the molecule is C=CCN1C[C@@H](C(=O)N(C)CCOc2cc(C)cc(C)c2)CCC1=O. The lowest BCUT2D eigenvalue weighted by molar-refractivity contribution is -0.142. The van der Waals surface area contributed by atoms with Crippen molar-refractivity contribution < 1.29 is 14.3 Å². The minimum absolute atomic E-state index is 0.0746. The quantitative estimate of drug-likeness (QED) is 0.714. The summed E-state index contributed by atoms with van der Waals surface area (Å²) in [4.78, 5) is 27.9. The van der Waals surface area contributed by atoms with Crippen molar-refractivity contribution in [3.63, 3.8) is 0 Å². The van der Waals surface area contributed by atoms with Gasteiger partial charge in [-0.05, 0) is 43.5 Å². The molecule has 0 unspecified atom stereocenters. The number of carbonyl (C=O) groups excluding carboxylic acids is 2. The lowest BCUT2D eigenvalue weighted by Crippen LogP contribution is -2.46. The number of benzene rings is 1. The summed E-state index contributed by atoms with van der Waals surface area (Å²) in [5.74, 6) is 0.873. The van der Waals surface area contributed by atoms with Crippen molar-refractivity contribution in [2.24, 2.45) is 5.92 Å². The molecule has 1 fully saturated rings. The minimum Gasteiger partial charge on any atom is -0.492 e. The van der Waals surface area contributed by atoms with Crippen molar-refractivity contribution in [3.8, 4) is 5.75 Å². The Hall–Kier alpha value is -2.30. The third-order valence-electron chi connectivity index (χ3n) is 4.47. The van der Waals surface area contributed by atoms with E-state index in [0.717, 1.165) is 16.9 Å². The molecule has 0 spiro atoms. The molecule has 2 amide bonds. The first-order chi connectivity index (χ1) is 11.9. The van der Waals surface area contributed by atoms with E-state index in [4.69, 9.17) is 4.74 Å². The lowest BCUT2D eigenvalue weighted by Gasteiger charge is -2.33. The molecule has 5 nitrogen and oxygen atoms in total. The fourth-order valence-electron chi connectivity index (χ4n) is 3.19. The maximum atomic E-state index is 12.6. The minimum atomic E-state index is -0.135. The molecule has 25 heavy (non-hydrogen) atoms. The molecule has 0 aliphatic carbocycles. The van der Waals surface area contributed by atoms with E-state index in [1.54, 1.807) is 22.9 Å². The van der Waals surface area contributed by atoms with Gasteiger partial charge < -0.3 is 14.5 Å². The van der Waals surface area contributed by atoms with E-state index in [0.29, 0.717) is 39.1 Å². The molecule has 136 valence electrons. The number of aryl methyl sites for hydroxylation is 2. The highest BCUT2D eigenvalue weighted by Gasteiger charge is 2.31. The summed E-state index contributed by atoms with van der Waals surface area (Å²) in [7, 11) is 1.79. The average Bonchev–Trinajstić information content (AvgIpc) is 2.55. The highest BCUT2D eigenvalue weighted by molar-refractivity contribution is 5.83. The number of hydrogen-bond acceptors (Lipinski definition) is 3. The Kier molecular flexibility index (Phi) is 6.62. The van der Waals surface area contributed by atoms with Gasteiger partial charge in [-0.25, -0.2) is 0 Å². The second-order valence-corrected chi connectivity index (χ2v) is 6.75. The Bertz CT molecular complexity index is 622. The molecular formula is C20H28N2O3. The Labute approximate surface area is 150 Å². The van der Waals surface area contributed by atoms with Crippen molar-refractivity contribution in [3.05, 3.63) is 42.0 Å². The van der Waals surface area contributed by atoms with Gasteiger partial charge in [-0.1, -0.05) is 12.1 Å². The summed E-state index contributed by atoms with van der Waals surface area (Å²) in [5.41, 5.74) is 2.32. The van der Waals surface area contributed by atoms with Crippen LogP contribution in [0.4, 0.5) is 0 Å². The van der Waals surface area contributed by atoms with Gasteiger partial charge in [-0.15, -0.1) is 6.58 Å². The fourth-order valence-corrected chi connectivity index (χ4v) is 3.19. The van der Waals surface area contributed by atoms with Gasteiger partial charge in [0.2, 0.25) is 11.8 Å². The molecule has 1 aromatic carbocycles. The summed E-state index contributed by atoms with van der Waals surface area (Å²) >= 11 is 0. The molecule has 0 radical (unpaired) electrons. The van der Waals surface area contributed by atoms with Gasteiger partial charge in [0.25, 0.3) is 0 Å². The van der Waals surface area contributed by atoms with Crippen LogP contribution in [0.2, 0.25) is 0 Å². The number of piperidine rings is 1. The summed E-state index contributed by atoms with van der Waals surface area (Å²) < 4.78 is 5.78. The maximum absolute atomic E-state index is 12.6. The van der Waals surface area contributed by atoms with E-state index in [1.165, 1.54) is 0 Å². The van der Waals surface area contributed by atoms with Gasteiger partial charge in [0.05, 0.1) is 12.5 Å². The van der Waals surface area contributed by atoms with E-state index >= 15 is 0 Å². The van der Waals surface area contributed by atoms with Crippen LogP contribution in [0.25, 0.3) is 0 Å². The second-order valence-electron chi connectivity index (χ2n) is 6.75. The van der Waals surface area contributed by atoms with E-state index in [1.807, 2.05) is 26.0 Å². The molecule has 1 atom stereocenters. The third kappa shape index (κ3) is 5.34. The Balaban J connectivity index is 1.83. The van der Waals surface area contributed by atoms with Crippen LogP contribution in [0.15, 0.2) is 30.9 Å². The number of rotatable bonds is 7. The molecule has 1 aliphatic heterocycles. The third-order valence-corrected chi connectivity index (χ3v) is 4.47. The standard InChI is InChI=1S/C20H28N2O3/c1-5-8-22-14-17(6-7-19(22)23)20(24)21(4)9-10-25-18-12-15(2)11-16(3)13-18/h5,11-13,17H,1,6-10,14H2,2-4H3/t17-/m0/s1. The zero-order valence-corrected chi connectivity index (χ0v) is 15.5. The first-order valence-corrected chi connectivity index (χ1v) is 8.75. The summed E-state index contributed by atoms with van der Waals surface area (Å²) in [6.07, 6.45) is 2.75. The molecule has 1 heterocycles. The van der Waals surface area contributed by atoms with Gasteiger partial charge in [0.15, 0.2) is 0 Å². The zero-order chi connectivity index (χ0) is 18.4. The first kappa shape index (κ1) is 19.0. The molecule has 1 aliphatic rings. The van der Waals surface area contributed by atoms with Gasteiger partial charge in [0.1, 0.15) is 12.4 Å². The topological polar surface area (TPSA) is 49.9 Å². The highest BCUT2D eigenvalue weighted by atomic mass is 16.5. The molecule has 2 rings (SSSR count). The molecule has 0 N–H and O–H groups in total. The van der Waals surface area contributed by atoms with Crippen LogP contribution in [-0.4, -0.2) is 54.9 Å². The maximum Gasteiger partial charge on any atom is 0.227 e. The van der Waals surface area contributed by atoms with Crippen molar-refractivity contribution in [2.45, 2.75) is 26.7 Å². The average molecular weight is 344 g/mol. The van der Waals surface area contributed by atoms with Crippen LogP contribution >= 0.6 is 0 Å². The van der Waals surface area contributed by atoms with Crippen LogP contribution in [0, 0.1) is 19.8 Å². The largest absolute Gasteiger partial charge is 0.492 e. The first-order valence-electron chi connectivity index (χ1n) is 8.75. The number of amides is 2. The summed E-state index contributed by atoms with van der Waals surface area (Å²) in [6, 6.07) is 6.09. The van der Waals surface area contributed by atoms with E-state index in [2.05, 4.69) is 12.6 Å². The Morgan fingerprint density at radius 1 is 1.36 bits per heavy atom. The van der Waals surface area contributed by atoms with Crippen molar-refractivity contribution in [1.29, 1.82) is 0 Å². The molecule has 0 aromatic heterocycles. The number of nitrogens with zero attached hydrogens (tertiary/aromatic N) is 2. The number of likely N-dealkylation sites (N-methyl/N-ethyl adjacent to an activating group) is 1. The van der Waals surface area contributed by atoms with Crippen LogP contribution in [0.1, 0.15) is 24.0 Å². The predicted molar refractivity (Wildman–Crippen MR) is 98.5 cm³/mol. The number of hydrogen-bond donors (Lipinski definition) is 0. The molecule has 1 aromatic rings. The monoisotopic (exact) mass is 344 g/mol. The number of carbonyl (C=O) groups is 2. The van der Waals surface area contributed by atoms with Gasteiger partial charge >= 0.3 is 0 Å². The molecule has 1 saturated heterocycles. The van der Waals surface area contributed by atoms with Crippen LogP contribution < -0.4 is 4.74 Å². The Morgan fingerprint density at radius 3 is 2.68 bits per heavy atom. The number of ether oxygens (including phenoxy) is 1. The van der Waals surface area contributed by atoms with Gasteiger partial charge in [0, 0.05) is 26.6 Å². The van der Waals surface area contributed by atoms with Crippen LogP contribution in [-0.2, 0) is 9.59 Å². The summed E-state index contributed by atoms with van der Waals surface area (Å²) in [5, 5.41) is 0. The van der Waals surface area contributed by atoms with Crippen LogP contribution in [0.5, 0.6) is 5.75 Å². The molecule has 5 heteroatoms. The molecule has 0 saturated carbocycles. The van der Waals surface area contributed by atoms with Gasteiger partial charge in [-0.2, -0.15) is 0 Å². The molecule has 0 bridgehead atoms. The van der Waals surface area contributed by atoms with E-state index in [9.17, 15) is 9.59 Å². The highest BCUT2D eigenvalue weighted by Crippen LogP contribution is 2.20. The Morgan fingerprint density at radius 2 is 2.04 bits per heavy atom. The normalized spacial score (nSPS) is 17.3. The van der Waals surface area contributed by atoms with Crippen molar-refractivity contribution >= 4 is 11.8 Å². The number of likely N-dealkylation sites (tertiary alicyclic amines) is 1. The molecular weight excluding hydrogens is 316 g/mol. The summed E-state index contributed by atoms with van der Waals surface area (Å²) in [6.45, 7) is 9.70. The van der Waals surface area contributed by atoms with E-state index < -0.39 is 0 Å². The fraction of sp³-hybridized carbons (Fsp3) is 0.500. The second kappa shape index (κ2) is 8.70. The van der Waals surface area contributed by atoms with Crippen LogP contribution in [0.3, 0.4) is 0 Å². The predicted octanol–water partition coefficient (Wildman–Crippen LogP) is 2.57. The van der Waals surface area contributed by atoms with Crippen molar-refractivity contribution in [2.75, 3.05) is 33.3 Å². The van der Waals surface area contributed by atoms with Gasteiger partial charge in [-0.3, -0.25) is 9.59 Å². The smallest absolute Gasteiger partial charge is 0.227 e. The van der Waals surface area contributed by atoms with Crippen molar-refractivity contribution in [1.82, 2.24) is 9.80 Å². The lowest BCUT2D eigenvalue weighted by atomic mass is 9.96.